The number of fused-ring (bicyclic) bond motifs is 2. The van der Waals surface area contributed by atoms with Crippen molar-refractivity contribution < 1.29 is 0 Å². The zero-order chi connectivity index (χ0) is 17.6. The molecule has 0 bridgehead atoms. The van der Waals surface area contributed by atoms with Gasteiger partial charge in [0.15, 0.2) is 0 Å². The number of nitrogens with zero attached hydrogens (tertiary/aromatic N) is 2. The van der Waals surface area contributed by atoms with Gasteiger partial charge in [0.1, 0.15) is 5.65 Å². The summed E-state index contributed by atoms with van der Waals surface area (Å²) in [5.74, 6) is 0.492. The Morgan fingerprint density at radius 3 is 2.64 bits per heavy atom. The van der Waals surface area contributed by atoms with E-state index in [9.17, 15) is 0 Å². The summed E-state index contributed by atoms with van der Waals surface area (Å²) in [5.41, 5.74) is 5.58. The van der Waals surface area contributed by atoms with Crippen LogP contribution in [0.1, 0.15) is 50.7 Å². The molecule has 0 aliphatic heterocycles. The second-order valence-corrected chi connectivity index (χ2v) is 7.83. The van der Waals surface area contributed by atoms with E-state index >= 15 is 0 Å². The summed E-state index contributed by atoms with van der Waals surface area (Å²) in [5, 5.41) is 2.39. The standard InChI is InChI=1S/C21H24N4/c1-13(2)17-9-15-8-16(23-12-18(15)24-17)11-21(3,4)19-10-14-6-5-7-22-20(14)25-19/h5-10,12-13,24H,11H2,1-4H3,(H,22,25). The number of rotatable bonds is 4. The molecule has 4 rings (SSSR count). The lowest BCUT2D eigenvalue weighted by Crippen LogP contribution is -2.21. The van der Waals surface area contributed by atoms with E-state index in [1.54, 1.807) is 0 Å². The van der Waals surface area contributed by atoms with Gasteiger partial charge in [-0.2, -0.15) is 0 Å². The lowest BCUT2D eigenvalue weighted by atomic mass is 9.84. The Morgan fingerprint density at radius 2 is 1.88 bits per heavy atom. The third-order valence-corrected chi connectivity index (χ3v) is 4.95. The van der Waals surface area contributed by atoms with E-state index in [1.165, 1.54) is 16.8 Å². The van der Waals surface area contributed by atoms with Gasteiger partial charge in [-0.05, 0) is 36.2 Å². The topological polar surface area (TPSA) is 57.4 Å². The normalized spacial score (nSPS) is 12.5. The van der Waals surface area contributed by atoms with Crippen LogP contribution in [0.25, 0.3) is 21.9 Å². The first-order valence-electron chi connectivity index (χ1n) is 8.84. The van der Waals surface area contributed by atoms with Crippen molar-refractivity contribution >= 4 is 21.9 Å². The molecule has 4 aromatic heterocycles. The molecule has 4 heterocycles. The van der Waals surface area contributed by atoms with Crippen LogP contribution in [0.15, 0.2) is 42.7 Å². The molecule has 128 valence electrons. The molecule has 0 atom stereocenters. The average Bonchev–Trinajstić information content (AvgIpc) is 3.18. The predicted octanol–water partition coefficient (Wildman–Crippen LogP) is 5.08. The highest BCUT2D eigenvalue weighted by Crippen LogP contribution is 2.30. The molecule has 25 heavy (non-hydrogen) atoms. The Balaban J connectivity index is 1.66. The number of hydrogen-bond acceptors (Lipinski definition) is 2. The van der Waals surface area contributed by atoms with Gasteiger partial charge in [-0.15, -0.1) is 0 Å². The Morgan fingerprint density at radius 1 is 1.04 bits per heavy atom. The van der Waals surface area contributed by atoms with Crippen molar-refractivity contribution in [2.75, 3.05) is 0 Å². The Labute approximate surface area is 147 Å². The van der Waals surface area contributed by atoms with Crippen LogP contribution in [-0.2, 0) is 11.8 Å². The number of nitrogens with one attached hydrogen (secondary N) is 2. The molecule has 0 spiro atoms. The summed E-state index contributed by atoms with van der Waals surface area (Å²) in [6, 6.07) is 10.7. The molecular weight excluding hydrogens is 308 g/mol. The molecule has 4 aromatic rings. The third-order valence-electron chi connectivity index (χ3n) is 4.95. The minimum atomic E-state index is -0.0431. The Hall–Kier alpha value is -2.62. The first-order valence-corrected chi connectivity index (χ1v) is 8.84. The van der Waals surface area contributed by atoms with Crippen molar-refractivity contribution in [3.63, 3.8) is 0 Å². The lowest BCUT2D eigenvalue weighted by molar-refractivity contribution is 0.503. The van der Waals surface area contributed by atoms with E-state index in [0.717, 1.165) is 28.7 Å². The molecule has 0 saturated heterocycles. The van der Waals surface area contributed by atoms with Crippen molar-refractivity contribution in [2.45, 2.75) is 45.4 Å². The summed E-state index contributed by atoms with van der Waals surface area (Å²) in [4.78, 5) is 16.0. The smallest absolute Gasteiger partial charge is 0.137 e. The highest BCUT2D eigenvalue weighted by atomic mass is 14.9. The first kappa shape index (κ1) is 15.9. The van der Waals surface area contributed by atoms with E-state index in [1.807, 2.05) is 18.5 Å². The molecule has 0 fully saturated rings. The highest BCUT2D eigenvalue weighted by molar-refractivity contribution is 5.80. The van der Waals surface area contributed by atoms with Crippen LogP contribution in [0.4, 0.5) is 0 Å². The molecule has 0 aromatic carbocycles. The number of aromatic nitrogens is 4. The molecule has 0 unspecified atom stereocenters. The van der Waals surface area contributed by atoms with Gasteiger partial charge in [-0.3, -0.25) is 4.98 Å². The molecule has 2 N–H and O–H groups in total. The van der Waals surface area contributed by atoms with E-state index < -0.39 is 0 Å². The van der Waals surface area contributed by atoms with Gasteiger partial charge in [-0.1, -0.05) is 27.7 Å². The van der Waals surface area contributed by atoms with Gasteiger partial charge >= 0.3 is 0 Å². The van der Waals surface area contributed by atoms with Gasteiger partial charge in [0.2, 0.25) is 0 Å². The van der Waals surface area contributed by atoms with Gasteiger partial charge < -0.3 is 9.97 Å². The van der Waals surface area contributed by atoms with Crippen LogP contribution < -0.4 is 0 Å². The predicted molar refractivity (Wildman–Crippen MR) is 103 cm³/mol. The largest absolute Gasteiger partial charge is 0.357 e. The zero-order valence-electron chi connectivity index (χ0n) is 15.2. The maximum absolute atomic E-state index is 4.68. The molecular formula is C21H24N4. The first-order chi connectivity index (χ1) is 11.9. The van der Waals surface area contributed by atoms with E-state index in [4.69, 9.17) is 0 Å². The number of aromatic amines is 2. The average molecular weight is 332 g/mol. The Kier molecular flexibility index (Phi) is 3.64. The van der Waals surface area contributed by atoms with Crippen LogP contribution >= 0.6 is 0 Å². The molecule has 4 nitrogen and oxygen atoms in total. The fraction of sp³-hybridized carbons (Fsp3) is 0.333. The summed E-state index contributed by atoms with van der Waals surface area (Å²) in [6.45, 7) is 8.90. The van der Waals surface area contributed by atoms with Crippen LogP contribution in [0.5, 0.6) is 0 Å². The van der Waals surface area contributed by atoms with Gasteiger partial charge in [0, 0.05) is 45.9 Å². The Bertz CT molecular complexity index is 1000. The SMILES string of the molecule is CC(C)c1cc2cc(CC(C)(C)c3cc4cccnc4[nH]3)ncc2[nH]1. The fourth-order valence-corrected chi connectivity index (χ4v) is 3.38. The van der Waals surface area contributed by atoms with Crippen molar-refractivity contribution in [2.24, 2.45) is 0 Å². The zero-order valence-corrected chi connectivity index (χ0v) is 15.2. The van der Waals surface area contributed by atoms with Crippen molar-refractivity contribution in [1.29, 1.82) is 0 Å². The minimum absolute atomic E-state index is 0.0431. The van der Waals surface area contributed by atoms with E-state index in [2.05, 4.69) is 71.9 Å². The summed E-state index contributed by atoms with van der Waals surface area (Å²) >= 11 is 0. The summed E-state index contributed by atoms with van der Waals surface area (Å²) < 4.78 is 0. The van der Waals surface area contributed by atoms with Crippen LogP contribution in [0.2, 0.25) is 0 Å². The van der Waals surface area contributed by atoms with E-state index in [-0.39, 0.29) is 5.41 Å². The summed E-state index contributed by atoms with van der Waals surface area (Å²) in [6.07, 6.45) is 4.65. The molecule has 0 saturated carbocycles. The molecule has 0 amide bonds. The van der Waals surface area contributed by atoms with Crippen LogP contribution in [0, 0.1) is 0 Å². The van der Waals surface area contributed by atoms with Crippen molar-refractivity contribution in [3.8, 4) is 0 Å². The number of H-pyrrole nitrogens is 2. The maximum atomic E-state index is 4.68. The molecule has 0 aliphatic carbocycles. The van der Waals surface area contributed by atoms with Crippen LogP contribution in [0.3, 0.4) is 0 Å². The highest BCUT2D eigenvalue weighted by Gasteiger charge is 2.24. The summed E-state index contributed by atoms with van der Waals surface area (Å²) in [7, 11) is 0. The number of pyridine rings is 2. The monoisotopic (exact) mass is 332 g/mol. The van der Waals surface area contributed by atoms with Gasteiger partial charge in [0.05, 0.1) is 11.7 Å². The molecule has 4 heteroatoms. The second-order valence-electron chi connectivity index (χ2n) is 7.83. The van der Waals surface area contributed by atoms with Crippen molar-refractivity contribution in [1.82, 2.24) is 19.9 Å². The van der Waals surface area contributed by atoms with Gasteiger partial charge in [0.25, 0.3) is 0 Å². The van der Waals surface area contributed by atoms with Gasteiger partial charge in [-0.25, -0.2) is 4.98 Å². The lowest BCUT2D eigenvalue weighted by Gasteiger charge is -2.23. The van der Waals surface area contributed by atoms with E-state index in [0.29, 0.717) is 5.92 Å². The van der Waals surface area contributed by atoms with Crippen molar-refractivity contribution in [3.05, 3.63) is 59.8 Å². The molecule has 0 aliphatic rings. The van der Waals surface area contributed by atoms with Crippen LogP contribution in [-0.4, -0.2) is 19.9 Å². The fourth-order valence-electron chi connectivity index (χ4n) is 3.38. The maximum Gasteiger partial charge on any atom is 0.137 e. The molecule has 0 radical (unpaired) electrons. The minimum Gasteiger partial charge on any atom is -0.357 e. The third kappa shape index (κ3) is 2.93. The number of hydrogen-bond donors (Lipinski definition) is 2. The quantitative estimate of drug-likeness (QED) is 0.547. The second kappa shape index (κ2) is 5.73.